The third kappa shape index (κ3) is 2.74. The van der Waals surface area contributed by atoms with Gasteiger partial charge in [0.1, 0.15) is 5.01 Å². The van der Waals surface area contributed by atoms with Crippen LogP contribution in [0.5, 0.6) is 0 Å². The summed E-state index contributed by atoms with van der Waals surface area (Å²) in [6.07, 6.45) is 0.615. The van der Waals surface area contributed by atoms with Crippen LogP contribution < -0.4 is 11.1 Å². The lowest BCUT2D eigenvalue weighted by Gasteiger charge is -2.06. The molecule has 0 saturated heterocycles. The Morgan fingerprint density at radius 3 is 2.85 bits per heavy atom. The van der Waals surface area contributed by atoms with E-state index >= 15 is 0 Å². The monoisotopic (exact) mass is 200 g/mol. The Labute approximate surface area is 80.4 Å². The van der Waals surface area contributed by atoms with E-state index in [4.69, 9.17) is 5.73 Å². The van der Waals surface area contributed by atoms with Crippen LogP contribution in [0.4, 0.5) is 5.13 Å². The Morgan fingerprint density at radius 2 is 2.38 bits per heavy atom. The number of rotatable bonds is 3. The van der Waals surface area contributed by atoms with Crippen molar-refractivity contribution >= 4 is 22.4 Å². The average molecular weight is 200 g/mol. The maximum absolute atomic E-state index is 11.3. The minimum atomic E-state index is -0.468. The number of nitrogens with zero attached hydrogens (tertiary/aromatic N) is 2. The lowest BCUT2D eigenvalue weighted by molar-refractivity contribution is -0.117. The van der Waals surface area contributed by atoms with Gasteiger partial charge in [-0.3, -0.25) is 10.1 Å². The summed E-state index contributed by atoms with van der Waals surface area (Å²) < 4.78 is 0. The Kier molecular flexibility index (Phi) is 3.32. The van der Waals surface area contributed by atoms with Gasteiger partial charge in [-0.2, -0.15) is 0 Å². The van der Waals surface area contributed by atoms with E-state index in [0.29, 0.717) is 11.6 Å². The number of hydrogen-bond donors (Lipinski definition) is 2. The van der Waals surface area contributed by atoms with Gasteiger partial charge >= 0.3 is 0 Å². The number of amides is 1. The molecule has 0 aliphatic heterocycles. The molecule has 1 amide bonds. The average Bonchev–Trinajstić information content (AvgIpc) is 2.49. The molecular weight excluding hydrogens is 188 g/mol. The third-order valence-corrected chi connectivity index (χ3v) is 2.29. The smallest absolute Gasteiger partial charge is 0.243 e. The van der Waals surface area contributed by atoms with Crippen molar-refractivity contribution in [1.82, 2.24) is 10.2 Å². The number of aromatic nitrogens is 2. The van der Waals surface area contributed by atoms with E-state index in [1.54, 1.807) is 0 Å². The van der Waals surface area contributed by atoms with Crippen molar-refractivity contribution < 1.29 is 4.79 Å². The number of nitrogens with two attached hydrogens (primary N) is 1. The van der Waals surface area contributed by atoms with E-state index < -0.39 is 6.04 Å². The molecule has 13 heavy (non-hydrogen) atoms. The van der Waals surface area contributed by atoms with Crippen molar-refractivity contribution in [3.63, 3.8) is 0 Å². The van der Waals surface area contributed by atoms with E-state index in [9.17, 15) is 4.79 Å². The lowest BCUT2D eigenvalue weighted by Crippen LogP contribution is -2.34. The van der Waals surface area contributed by atoms with Gasteiger partial charge in [-0.05, 0) is 13.3 Å². The van der Waals surface area contributed by atoms with Crippen LogP contribution in [-0.4, -0.2) is 22.1 Å². The Bertz CT molecular complexity index is 298. The Morgan fingerprint density at radius 1 is 1.69 bits per heavy atom. The zero-order valence-electron chi connectivity index (χ0n) is 7.57. The van der Waals surface area contributed by atoms with E-state index in [1.807, 2.05) is 13.8 Å². The van der Waals surface area contributed by atoms with Gasteiger partial charge in [0.05, 0.1) is 6.04 Å². The van der Waals surface area contributed by atoms with Gasteiger partial charge in [-0.15, -0.1) is 10.2 Å². The van der Waals surface area contributed by atoms with Crippen LogP contribution in [0.3, 0.4) is 0 Å². The number of carbonyl (C=O) groups excluding carboxylic acids is 1. The van der Waals surface area contributed by atoms with Crippen molar-refractivity contribution in [3.8, 4) is 0 Å². The molecule has 0 radical (unpaired) electrons. The minimum Gasteiger partial charge on any atom is -0.320 e. The van der Waals surface area contributed by atoms with Gasteiger partial charge in [0.25, 0.3) is 0 Å². The second-order valence-corrected chi connectivity index (χ2v) is 3.81. The van der Waals surface area contributed by atoms with Crippen LogP contribution in [0.2, 0.25) is 0 Å². The summed E-state index contributed by atoms with van der Waals surface area (Å²) in [7, 11) is 0. The lowest BCUT2D eigenvalue weighted by atomic mass is 10.2. The van der Waals surface area contributed by atoms with Crippen LogP contribution in [-0.2, 0) is 4.79 Å². The largest absolute Gasteiger partial charge is 0.320 e. The second kappa shape index (κ2) is 4.29. The summed E-state index contributed by atoms with van der Waals surface area (Å²) >= 11 is 1.33. The van der Waals surface area contributed by atoms with Gasteiger partial charge in [0.2, 0.25) is 11.0 Å². The van der Waals surface area contributed by atoms with Crippen molar-refractivity contribution in [2.75, 3.05) is 5.32 Å². The zero-order valence-corrected chi connectivity index (χ0v) is 8.39. The fourth-order valence-corrected chi connectivity index (χ4v) is 1.33. The van der Waals surface area contributed by atoms with Crippen LogP contribution in [0, 0.1) is 6.92 Å². The molecule has 0 unspecified atom stereocenters. The standard InChI is InChI=1S/C7H12N4OS/c1-3-5(8)6(12)9-7-11-10-4(2)13-7/h5H,3,8H2,1-2H3,(H,9,11,12)/t5-/m1/s1. The molecule has 3 N–H and O–H groups in total. The molecule has 1 aromatic rings. The van der Waals surface area contributed by atoms with Crippen molar-refractivity contribution in [2.45, 2.75) is 26.3 Å². The van der Waals surface area contributed by atoms with Crippen molar-refractivity contribution in [2.24, 2.45) is 5.73 Å². The van der Waals surface area contributed by atoms with Crippen LogP contribution in [0.25, 0.3) is 0 Å². The molecule has 1 heterocycles. The number of nitrogens with one attached hydrogen (secondary N) is 1. The molecule has 0 aromatic carbocycles. The summed E-state index contributed by atoms with van der Waals surface area (Å²) in [6, 6.07) is -0.468. The number of hydrogen-bond acceptors (Lipinski definition) is 5. The molecule has 1 aromatic heterocycles. The van der Waals surface area contributed by atoms with Crippen LogP contribution in [0.1, 0.15) is 18.4 Å². The zero-order chi connectivity index (χ0) is 9.84. The van der Waals surface area contributed by atoms with Gasteiger partial charge < -0.3 is 5.73 Å². The fraction of sp³-hybridized carbons (Fsp3) is 0.571. The molecule has 1 rings (SSSR count). The Hall–Kier alpha value is -1.01. The molecule has 5 nitrogen and oxygen atoms in total. The van der Waals surface area contributed by atoms with E-state index in [0.717, 1.165) is 5.01 Å². The predicted octanol–water partition coefficient (Wildman–Crippen LogP) is 0.522. The maximum atomic E-state index is 11.3. The highest BCUT2D eigenvalue weighted by Gasteiger charge is 2.12. The summed E-state index contributed by atoms with van der Waals surface area (Å²) in [5.41, 5.74) is 5.52. The highest BCUT2D eigenvalue weighted by molar-refractivity contribution is 7.15. The molecule has 0 aliphatic rings. The number of aryl methyl sites for hydroxylation is 1. The van der Waals surface area contributed by atoms with E-state index in [1.165, 1.54) is 11.3 Å². The molecule has 0 aliphatic carbocycles. The highest BCUT2D eigenvalue weighted by atomic mass is 32.1. The Balaban J connectivity index is 2.54. The molecule has 72 valence electrons. The number of anilines is 1. The summed E-state index contributed by atoms with van der Waals surface area (Å²) in [6.45, 7) is 3.68. The molecule has 0 saturated carbocycles. The maximum Gasteiger partial charge on any atom is 0.243 e. The first-order valence-corrected chi connectivity index (χ1v) is 4.81. The normalized spacial score (nSPS) is 12.5. The molecule has 6 heteroatoms. The van der Waals surface area contributed by atoms with E-state index in [-0.39, 0.29) is 5.91 Å². The van der Waals surface area contributed by atoms with E-state index in [2.05, 4.69) is 15.5 Å². The topological polar surface area (TPSA) is 80.9 Å². The highest BCUT2D eigenvalue weighted by Crippen LogP contribution is 2.13. The van der Waals surface area contributed by atoms with Crippen LogP contribution in [0.15, 0.2) is 0 Å². The van der Waals surface area contributed by atoms with Gasteiger partial charge in [0.15, 0.2) is 0 Å². The molecule has 0 bridgehead atoms. The first-order valence-electron chi connectivity index (χ1n) is 4.00. The predicted molar refractivity (Wildman–Crippen MR) is 51.5 cm³/mol. The summed E-state index contributed by atoms with van der Waals surface area (Å²) in [5.74, 6) is -0.210. The number of carbonyl (C=O) groups is 1. The quantitative estimate of drug-likeness (QED) is 0.745. The van der Waals surface area contributed by atoms with Gasteiger partial charge in [0, 0.05) is 0 Å². The van der Waals surface area contributed by atoms with Crippen molar-refractivity contribution in [3.05, 3.63) is 5.01 Å². The molecular formula is C7H12N4OS. The second-order valence-electron chi connectivity index (χ2n) is 2.63. The first-order chi connectivity index (χ1) is 6.13. The molecule has 1 atom stereocenters. The van der Waals surface area contributed by atoms with Gasteiger partial charge in [-0.25, -0.2) is 0 Å². The molecule has 0 fully saturated rings. The summed E-state index contributed by atoms with van der Waals surface area (Å²) in [5, 5.41) is 11.4. The summed E-state index contributed by atoms with van der Waals surface area (Å²) in [4.78, 5) is 11.3. The minimum absolute atomic E-state index is 0.210. The van der Waals surface area contributed by atoms with Gasteiger partial charge in [-0.1, -0.05) is 18.3 Å². The van der Waals surface area contributed by atoms with Crippen molar-refractivity contribution in [1.29, 1.82) is 0 Å². The van der Waals surface area contributed by atoms with Crippen LogP contribution >= 0.6 is 11.3 Å². The molecule has 0 spiro atoms. The third-order valence-electron chi connectivity index (χ3n) is 1.53. The first kappa shape index (κ1) is 10.1. The SMILES string of the molecule is CC[C@@H](N)C(=O)Nc1nnc(C)s1. The fourth-order valence-electron chi connectivity index (χ4n) is 0.731.